The van der Waals surface area contributed by atoms with Gasteiger partial charge in [0.2, 0.25) is 0 Å². The van der Waals surface area contributed by atoms with Gasteiger partial charge in [-0.05, 0) is 61.7 Å². The Hall–Kier alpha value is -2.31. The maximum atomic E-state index is 8.96. The van der Waals surface area contributed by atoms with Crippen LogP contribution in [0.5, 0.6) is 11.5 Å². The number of hydrogen-bond donors (Lipinski definition) is 1. The van der Waals surface area contributed by atoms with Gasteiger partial charge in [-0.25, -0.2) is 0 Å². The minimum Gasteiger partial charge on any atom is -0.457 e. The Balaban J connectivity index is 2.36. The lowest BCUT2D eigenvalue weighted by atomic mass is 10.1. The molecule has 0 amide bonds. The number of aryl methyl sites for hydroxylation is 2. The minimum atomic E-state index is -0.0262. The van der Waals surface area contributed by atoms with Crippen molar-refractivity contribution in [1.29, 1.82) is 5.26 Å². The highest BCUT2D eigenvalue weighted by Gasteiger charge is 2.09. The van der Waals surface area contributed by atoms with E-state index in [2.05, 4.69) is 6.07 Å². The fourth-order valence-electron chi connectivity index (χ4n) is 2.15. The molecule has 2 aromatic carbocycles. The number of nitrogens with two attached hydrogens (primary N) is 1. The number of benzene rings is 2. The highest BCUT2D eigenvalue weighted by Crippen LogP contribution is 2.30. The second kappa shape index (κ2) is 5.77. The van der Waals surface area contributed by atoms with Crippen LogP contribution in [0.4, 0.5) is 0 Å². The van der Waals surface area contributed by atoms with Crippen LogP contribution in [0.1, 0.15) is 35.2 Å². The van der Waals surface area contributed by atoms with E-state index in [-0.39, 0.29) is 6.04 Å². The molecule has 0 spiro atoms. The SMILES string of the molecule is Cc1cc(C#N)cc(C)c1Oc1cccc(C(C)N)c1. The first-order chi connectivity index (χ1) is 9.51. The van der Waals surface area contributed by atoms with E-state index < -0.39 is 0 Å². The molecule has 0 radical (unpaired) electrons. The maximum absolute atomic E-state index is 8.96. The Morgan fingerprint density at radius 2 is 1.80 bits per heavy atom. The molecular formula is C17H18N2O. The second-order valence-electron chi connectivity index (χ2n) is 5.01. The number of ether oxygens (including phenoxy) is 1. The number of hydrogen-bond acceptors (Lipinski definition) is 3. The lowest BCUT2D eigenvalue weighted by molar-refractivity contribution is 0.474. The molecule has 0 fully saturated rings. The summed E-state index contributed by atoms with van der Waals surface area (Å²) in [6.07, 6.45) is 0. The summed E-state index contributed by atoms with van der Waals surface area (Å²) in [5.41, 5.74) is 9.47. The monoisotopic (exact) mass is 266 g/mol. The first kappa shape index (κ1) is 14.1. The summed E-state index contributed by atoms with van der Waals surface area (Å²) in [4.78, 5) is 0. The highest BCUT2D eigenvalue weighted by atomic mass is 16.5. The zero-order valence-corrected chi connectivity index (χ0v) is 12.0. The van der Waals surface area contributed by atoms with E-state index in [0.29, 0.717) is 5.56 Å². The summed E-state index contributed by atoms with van der Waals surface area (Å²) >= 11 is 0. The molecule has 0 aromatic heterocycles. The summed E-state index contributed by atoms with van der Waals surface area (Å²) in [7, 11) is 0. The van der Waals surface area contributed by atoms with Crippen LogP contribution >= 0.6 is 0 Å². The van der Waals surface area contributed by atoms with Gasteiger partial charge in [0.25, 0.3) is 0 Å². The van der Waals surface area contributed by atoms with Gasteiger partial charge in [-0.1, -0.05) is 12.1 Å². The summed E-state index contributed by atoms with van der Waals surface area (Å²) < 4.78 is 5.97. The molecule has 2 N–H and O–H groups in total. The molecule has 0 aliphatic heterocycles. The number of nitrogens with zero attached hydrogens (tertiary/aromatic N) is 1. The molecule has 102 valence electrons. The topological polar surface area (TPSA) is 59.0 Å². The molecule has 20 heavy (non-hydrogen) atoms. The Labute approximate surface area is 119 Å². The standard InChI is InChI=1S/C17H18N2O/c1-11-7-14(10-18)8-12(2)17(11)20-16-6-4-5-15(9-16)13(3)19/h4-9,13H,19H2,1-3H3. The third-order valence-electron chi connectivity index (χ3n) is 3.19. The molecule has 0 heterocycles. The third-order valence-corrected chi connectivity index (χ3v) is 3.19. The van der Waals surface area contributed by atoms with Crippen molar-refractivity contribution >= 4 is 0 Å². The van der Waals surface area contributed by atoms with Gasteiger partial charge >= 0.3 is 0 Å². The third kappa shape index (κ3) is 2.98. The van der Waals surface area contributed by atoms with Crippen LogP contribution in [-0.2, 0) is 0 Å². The predicted molar refractivity (Wildman–Crippen MR) is 79.7 cm³/mol. The van der Waals surface area contributed by atoms with Gasteiger partial charge in [0.1, 0.15) is 11.5 Å². The van der Waals surface area contributed by atoms with Crippen LogP contribution in [0.3, 0.4) is 0 Å². The Morgan fingerprint density at radius 1 is 1.15 bits per heavy atom. The lowest BCUT2D eigenvalue weighted by Crippen LogP contribution is -2.04. The Morgan fingerprint density at radius 3 is 2.35 bits per heavy atom. The van der Waals surface area contributed by atoms with Crippen LogP contribution in [-0.4, -0.2) is 0 Å². The molecule has 3 nitrogen and oxygen atoms in total. The Bertz CT molecular complexity index is 646. The van der Waals surface area contributed by atoms with E-state index in [1.165, 1.54) is 0 Å². The molecule has 3 heteroatoms. The molecular weight excluding hydrogens is 248 g/mol. The zero-order valence-electron chi connectivity index (χ0n) is 12.0. The van der Waals surface area contributed by atoms with Crippen LogP contribution in [0.25, 0.3) is 0 Å². The molecule has 0 saturated carbocycles. The van der Waals surface area contributed by atoms with Gasteiger partial charge in [0, 0.05) is 6.04 Å². The zero-order chi connectivity index (χ0) is 14.7. The second-order valence-corrected chi connectivity index (χ2v) is 5.01. The summed E-state index contributed by atoms with van der Waals surface area (Å²) in [5, 5.41) is 8.96. The van der Waals surface area contributed by atoms with Crippen LogP contribution < -0.4 is 10.5 Å². The Kier molecular flexibility index (Phi) is 4.07. The van der Waals surface area contributed by atoms with Crippen LogP contribution in [0.15, 0.2) is 36.4 Å². The van der Waals surface area contributed by atoms with E-state index in [9.17, 15) is 0 Å². The van der Waals surface area contributed by atoms with Crippen molar-refractivity contribution in [3.63, 3.8) is 0 Å². The minimum absolute atomic E-state index is 0.0262. The van der Waals surface area contributed by atoms with E-state index in [4.69, 9.17) is 15.7 Å². The van der Waals surface area contributed by atoms with Gasteiger partial charge in [0.15, 0.2) is 0 Å². The van der Waals surface area contributed by atoms with Gasteiger partial charge in [-0.2, -0.15) is 5.26 Å². The van der Waals surface area contributed by atoms with Crippen LogP contribution in [0, 0.1) is 25.2 Å². The first-order valence-electron chi connectivity index (χ1n) is 6.56. The van der Waals surface area contributed by atoms with E-state index in [0.717, 1.165) is 28.2 Å². The largest absolute Gasteiger partial charge is 0.457 e. The quantitative estimate of drug-likeness (QED) is 0.913. The van der Waals surface area contributed by atoms with Crippen molar-refractivity contribution in [3.05, 3.63) is 58.7 Å². The first-order valence-corrected chi connectivity index (χ1v) is 6.56. The lowest BCUT2D eigenvalue weighted by Gasteiger charge is -2.14. The molecule has 0 saturated heterocycles. The average Bonchev–Trinajstić information content (AvgIpc) is 2.42. The maximum Gasteiger partial charge on any atom is 0.133 e. The smallest absolute Gasteiger partial charge is 0.133 e. The average molecular weight is 266 g/mol. The predicted octanol–water partition coefficient (Wildman–Crippen LogP) is 3.99. The van der Waals surface area contributed by atoms with Crippen molar-refractivity contribution in [2.24, 2.45) is 5.73 Å². The number of rotatable bonds is 3. The number of nitriles is 1. The van der Waals surface area contributed by atoms with Gasteiger partial charge < -0.3 is 10.5 Å². The highest BCUT2D eigenvalue weighted by molar-refractivity contribution is 5.49. The molecule has 0 aliphatic rings. The van der Waals surface area contributed by atoms with Crippen molar-refractivity contribution in [2.45, 2.75) is 26.8 Å². The summed E-state index contributed by atoms with van der Waals surface area (Å²) in [5.74, 6) is 1.56. The molecule has 2 rings (SSSR count). The fraction of sp³-hybridized carbons (Fsp3) is 0.235. The van der Waals surface area contributed by atoms with Gasteiger partial charge in [-0.15, -0.1) is 0 Å². The van der Waals surface area contributed by atoms with Crippen LogP contribution in [0.2, 0.25) is 0 Å². The van der Waals surface area contributed by atoms with E-state index in [1.807, 2.05) is 57.2 Å². The fourth-order valence-corrected chi connectivity index (χ4v) is 2.15. The van der Waals surface area contributed by atoms with E-state index >= 15 is 0 Å². The van der Waals surface area contributed by atoms with Crippen molar-refractivity contribution in [2.75, 3.05) is 0 Å². The van der Waals surface area contributed by atoms with Crippen molar-refractivity contribution in [3.8, 4) is 17.6 Å². The molecule has 1 atom stereocenters. The molecule has 0 aliphatic carbocycles. The molecule has 0 bridgehead atoms. The summed E-state index contributed by atoms with van der Waals surface area (Å²) in [6, 6.07) is 13.6. The van der Waals surface area contributed by atoms with Gasteiger partial charge in [0.05, 0.1) is 11.6 Å². The van der Waals surface area contributed by atoms with E-state index in [1.54, 1.807) is 0 Å². The molecule has 2 aromatic rings. The summed E-state index contributed by atoms with van der Waals surface area (Å²) in [6.45, 7) is 5.83. The molecule has 1 unspecified atom stereocenters. The van der Waals surface area contributed by atoms with Crippen molar-refractivity contribution < 1.29 is 4.74 Å². The van der Waals surface area contributed by atoms with Crippen molar-refractivity contribution in [1.82, 2.24) is 0 Å². The normalized spacial score (nSPS) is 11.8. The van der Waals surface area contributed by atoms with Gasteiger partial charge in [-0.3, -0.25) is 0 Å².